The first-order valence-electron chi connectivity index (χ1n) is 8.54. The van der Waals surface area contributed by atoms with Crippen LogP contribution in [0.5, 0.6) is 0 Å². The highest BCUT2D eigenvalue weighted by Crippen LogP contribution is 2.38. The van der Waals surface area contributed by atoms with Gasteiger partial charge in [0, 0.05) is 22.3 Å². The molecular weight excluding hydrogens is 371 g/mol. The molecule has 1 amide bonds. The van der Waals surface area contributed by atoms with Crippen molar-refractivity contribution in [3.8, 4) is 0 Å². The number of carbonyl (C=O) groups is 1. The van der Waals surface area contributed by atoms with Gasteiger partial charge in [0.15, 0.2) is 0 Å². The summed E-state index contributed by atoms with van der Waals surface area (Å²) in [5, 5.41) is 3.59. The summed E-state index contributed by atoms with van der Waals surface area (Å²) in [6, 6.07) is 5.51. The van der Waals surface area contributed by atoms with E-state index in [0.29, 0.717) is 23.7 Å². The summed E-state index contributed by atoms with van der Waals surface area (Å²) in [7, 11) is 0. The van der Waals surface area contributed by atoms with Crippen LogP contribution in [0.25, 0.3) is 10.9 Å². The highest BCUT2D eigenvalue weighted by atomic mass is 79.9. The Balaban J connectivity index is 2.04. The summed E-state index contributed by atoms with van der Waals surface area (Å²) in [5.74, 6) is 0.426. The Kier molecular flexibility index (Phi) is 4.73. The standard InChI is InChI=1S/C19H24BrFN2O/c1-19(2,3)11-18(24)22-17-10-14-15(21)8-12(20)9-16(14)23(17)13-6-4-5-7-13/h8-10,13H,4-7,11H2,1-3H3,(H,22,24). The van der Waals surface area contributed by atoms with Gasteiger partial charge in [0.05, 0.1) is 5.52 Å². The fraction of sp³-hybridized carbons (Fsp3) is 0.526. The van der Waals surface area contributed by atoms with Gasteiger partial charge in [-0.2, -0.15) is 0 Å². The van der Waals surface area contributed by atoms with Gasteiger partial charge in [-0.25, -0.2) is 4.39 Å². The van der Waals surface area contributed by atoms with E-state index in [4.69, 9.17) is 0 Å². The summed E-state index contributed by atoms with van der Waals surface area (Å²) in [5.41, 5.74) is 0.766. The molecule has 1 fully saturated rings. The van der Waals surface area contributed by atoms with Crippen molar-refractivity contribution < 1.29 is 9.18 Å². The first-order valence-corrected chi connectivity index (χ1v) is 9.34. The average Bonchev–Trinajstić information content (AvgIpc) is 3.03. The molecule has 3 rings (SSSR count). The molecule has 0 unspecified atom stereocenters. The van der Waals surface area contributed by atoms with E-state index in [1.807, 2.05) is 26.8 Å². The summed E-state index contributed by atoms with van der Waals surface area (Å²) in [6.45, 7) is 6.11. The van der Waals surface area contributed by atoms with E-state index in [1.54, 1.807) is 6.07 Å². The number of benzene rings is 1. The molecule has 0 bridgehead atoms. The van der Waals surface area contributed by atoms with Crippen molar-refractivity contribution in [1.29, 1.82) is 0 Å². The van der Waals surface area contributed by atoms with Crippen LogP contribution in [0.2, 0.25) is 0 Å². The minimum Gasteiger partial charge on any atom is -0.324 e. The zero-order valence-corrected chi connectivity index (χ0v) is 16.0. The molecule has 0 radical (unpaired) electrons. The highest BCUT2D eigenvalue weighted by molar-refractivity contribution is 9.10. The van der Waals surface area contributed by atoms with Crippen molar-refractivity contribution in [3.05, 3.63) is 28.5 Å². The zero-order valence-electron chi connectivity index (χ0n) is 14.5. The number of anilines is 1. The van der Waals surface area contributed by atoms with E-state index in [0.717, 1.165) is 22.8 Å². The third kappa shape index (κ3) is 3.66. The normalized spacial score (nSPS) is 16.0. The Labute approximate surface area is 150 Å². The molecule has 1 aliphatic rings. The number of aromatic nitrogens is 1. The second-order valence-electron chi connectivity index (χ2n) is 7.94. The predicted octanol–water partition coefficient (Wildman–Crippen LogP) is 6.03. The number of amides is 1. The van der Waals surface area contributed by atoms with Crippen LogP contribution in [0.1, 0.15) is 58.9 Å². The molecule has 1 N–H and O–H groups in total. The predicted molar refractivity (Wildman–Crippen MR) is 99.8 cm³/mol. The molecule has 24 heavy (non-hydrogen) atoms. The van der Waals surface area contributed by atoms with E-state index in [2.05, 4.69) is 25.8 Å². The molecule has 1 heterocycles. The zero-order chi connectivity index (χ0) is 17.5. The first-order chi connectivity index (χ1) is 11.2. The number of fused-ring (bicyclic) bond motifs is 1. The topological polar surface area (TPSA) is 34.0 Å². The first kappa shape index (κ1) is 17.5. The van der Waals surface area contributed by atoms with Gasteiger partial charge in [0.2, 0.25) is 5.91 Å². The third-order valence-electron chi connectivity index (χ3n) is 4.52. The molecule has 0 aliphatic heterocycles. The van der Waals surface area contributed by atoms with Crippen molar-refractivity contribution in [2.75, 3.05) is 5.32 Å². The molecule has 0 spiro atoms. The summed E-state index contributed by atoms with van der Waals surface area (Å²) in [6.07, 6.45) is 4.93. The second-order valence-corrected chi connectivity index (χ2v) is 8.86. The molecule has 130 valence electrons. The Hall–Kier alpha value is -1.36. The molecule has 3 nitrogen and oxygen atoms in total. The van der Waals surface area contributed by atoms with E-state index in [9.17, 15) is 9.18 Å². The van der Waals surface area contributed by atoms with Gasteiger partial charge < -0.3 is 9.88 Å². The molecule has 1 aliphatic carbocycles. The van der Waals surface area contributed by atoms with Crippen LogP contribution in [0.4, 0.5) is 10.2 Å². The number of nitrogens with one attached hydrogen (secondary N) is 1. The molecule has 1 aromatic carbocycles. The van der Waals surface area contributed by atoms with Crippen molar-refractivity contribution in [1.82, 2.24) is 4.57 Å². The largest absolute Gasteiger partial charge is 0.324 e. The van der Waals surface area contributed by atoms with Gasteiger partial charge in [-0.05, 0) is 36.5 Å². The molecular formula is C19H24BrFN2O. The van der Waals surface area contributed by atoms with E-state index in [-0.39, 0.29) is 17.1 Å². The lowest BCUT2D eigenvalue weighted by atomic mass is 9.92. The maximum absolute atomic E-state index is 14.4. The van der Waals surface area contributed by atoms with E-state index in [1.165, 1.54) is 18.9 Å². The number of hydrogen-bond acceptors (Lipinski definition) is 1. The molecule has 1 aromatic heterocycles. The lowest BCUT2D eigenvalue weighted by Gasteiger charge is -2.21. The Morgan fingerprint density at radius 1 is 1.29 bits per heavy atom. The minimum atomic E-state index is -0.262. The quantitative estimate of drug-likeness (QED) is 0.676. The number of nitrogens with zero attached hydrogens (tertiary/aromatic N) is 1. The van der Waals surface area contributed by atoms with Gasteiger partial charge in [-0.1, -0.05) is 49.5 Å². The summed E-state index contributed by atoms with van der Waals surface area (Å²) < 4.78 is 17.2. The van der Waals surface area contributed by atoms with Gasteiger partial charge in [0.25, 0.3) is 0 Å². The summed E-state index contributed by atoms with van der Waals surface area (Å²) >= 11 is 3.39. The van der Waals surface area contributed by atoms with Crippen LogP contribution in [-0.2, 0) is 4.79 Å². The van der Waals surface area contributed by atoms with E-state index < -0.39 is 0 Å². The van der Waals surface area contributed by atoms with Gasteiger partial charge in [-0.3, -0.25) is 4.79 Å². The van der Waals surface area contributed by atoms with Crippen molar-refractivity contribution in [3.63, 3.8) is 0 Å². The number of rotatable bonds is 3. The Morgan fingerprint density at radius 2 is 1.96 bits per heavy atom. The second kappa shape index (κ2) is 6.51. The maximum atomic E-state index is 14.4. The van der Waals surface area contributed by atoms with Crippen LogP contribution >= 0.6 is 15.9 Å². The number of hydrogen-bond donors (Lipinski definition) is 1. The lowest BCUT2D eigenvalue weighted by molar-refractivity contribution is -0.117. The molecule has 2 aromatic rings. The monoisotopic (exact) mass is 394 g/mol. The van der Waals surface area contributed by atoms with Crippen molar-refractivity contribution >= 4 is 38.6 Å². The summed E-state index contributed by atoms with van der Waals surface area (Å²) in [4.78, 5) is 12.4. The molecule has 0 saturated heterocycles. The van der Waals surface area contributed by atoms with Crippen LogP contribution < -0.4 is 5.32 Å². The van der Waals surface area contributed by atoms with Crippen LogP contribution in [0.3, 0.4) is 0 Å². The third-order valence-corrected chi connectivity index (χ3v) is 4.98. The fourth-order valence-corrected chi connectivity index (χ4v) is 3.99. The SMILES string of the molecule is CC(C)(C)CC(=O)Nc1cc2c(F)cc(Br)cc2n1C1CCCC1. The molecule has 5 heteroatoms. The van der Waals surface area contributed by atoms with Crippen LogP contribution in [0.15, 0.2) is 22.7 Å². The Bertz CT molecular complexity index is 770. The lowest BCUT2D eigenvalue weighted by Crippen LogP contribution is -2.21. The minimum absolute atomic E-state index is 0.0240. The maximum Gasteiger partial charge on any atom is 0.226 e. The number of halogens is 2. The van der Waals surface area contributed by atoms with Crippen LogP contribution in [0, 0.1) is 11.2 Å². The fourth-order valence-electron chi connectivity index (χ4n) is 3.57. The van der Waals surface area contributed by atoms with Gasteiger partial charge >= 0.3 is 0 Å². The van der Waals surface area contributed by atoms with Gasteiger partial charge in [0.1, 0.15) is 11.6 Å². The smallest absolute Gasteiger partial charge is 0.226 e. The van der Waals surface area contributed by atoms with Gasteiger partial charge in [-0.15, -0.1) is 0 Å². The Morgan fingerprint density at radius 3 is 2.58 bits per heavy atom. The van der Waals surface area contributed by atoms with Crippen molar-refractivity contribution in [2.24, 2.45) is 5.41 Å². The number of carbonyl (C=O) groups excluding carboxylic acids is 1. The highest BCUT2D eigenvalue weighted by Gasteiger charge is 2.25. The molecule has 0 atom stereocenters. The average molecular weight is 395 g/mol. The van der Waals surface area contributed by atoms with E-state index >= 15 is 0 Å². The van der Waals surface area contributed by atoms with Crippen molar-refractivity contribution in [2.45, 2.75) is 58.9 Å². The van der Waals surface area contributed by atoms with Crippen LogP contribution in [-0.4, -0.2) is 10.5 Å². The molecule has 1 saturated carbocycles.